The molecule has 0 aromatic heterocycles. The molecule has 6 heavy (non-hydrogen) atoms. The first-order chi connectivity index (χ1) is 1.91. The Morgan fingerprint density at radius 1 is 1.50 bits per heavy atom. The van der Waals surface area contributed by atoms with Crippen LogP contribution < -0.4 is 64.3 Å². The maximum atomic E-state index is 2.81. The molecular weight excluding hydrogens is 148 g/mol. The van der Waals surface area contributed by atoms with Crippen LogP contribution in [0.1, 0.15) is 13.8 Å². The predicted octanol–water partition coefficient (Wildman–Crippen LogP) is -1.45. The molecular formula is C4H10NRb. The second kappa shape index (κ2) is 16.0. The van der Waals surface area contributed by atoms with Crippen LogP contribution in [-0.4, -0.2) is 0 Å². The van der Waals surface area contributed by atoms with Crippen LogP contribution in [0.5, 0.6) is 0 Å². The molecule has 0 aromatic rings. The van der Waals surface area contributed by atoms with Gasteiger partial charge in [0.05, 0.1) is 0 Å². The molecule has 0 saturated heterocycles. The monoisotopic (exact) mass is 157 g/mol. The van der Waals surface area contributed by atoms with Crippen molar-refractivity contribution in [2.45, 2.75) is 13.8 Å². The molecule has 0 aliphatic rings. The Balaban J connectivity index is -0.0000000450. The molecule has 0 saturated carbocycles. The summed E-state index contributed by atoms with van der Waals surface area (Å²) < 4.78 is 0. The SMILES string of the molecule is C[C-]=CC.N.[Rb+]. The molecule has 0 aromatic carbocycles. The van der Waals surface area contributed by atoms with E-state index >= 15 is 0 Å². The zero-order chi connectivity index (χ0) is 3.41. The van der Waals surface area contributed by atoms with E-state index in [4.69, 9.17) is 0 Å². The van der Waals surface area contributed by atoms with E-state index in [0.29, 0.717) is 0 Å². The van der Waals surface area contributed by atoms with E-state index in [0.717, 1.165) is 0 Å². The van der Waals surface area contributed by atoms with Crippen LogP contribution in [-0.2, 0) is 0 Å². The summed E-state index contributed by atoms with van der Waals surface area (Å²) in [4.78, 5) is 0. The van der Waals surface area contributed by atoms with Crippen molar-refractivity contribution in [3.05, 3.63) is 12.2 Å². The third kappa shape index (κ3) is 17.8. The van der Waals surface area contributed by atoms with Crippen molar-refractivity contribution in [3.63, 3.8) is 0 Å². The molecule has 0 radical (unpaired) electrons. The molecule has 0 aliphatic carbocycles. The van der Waals surface area contributed by atoms with Crippen LogP contribution >= 0.6 is 0 Å². The molecule has 0 aliphatic heterocycles. The Hall–Kier alpha value is 1.51. The Morgan fingerprint density at radius 2 is 1.67 bits per heavy atom. The van der Waals surface area contributed by atoms with Crippen LogP contribution in [0.2, 0.25) is 0 Å². The second-order valence-electron chi connectivity index (χ2n) is 0.577. The molecule has 0 heterocycles. The molecule has 0 atom stereocenters. The first-order valence-corrected chi connectivity index (χ1v) is 1.37. The van der Waals surface area contributed by atoms with Crippen molar-refractivity contribution in [2.24, 2.45) is 0 Å². The fraction of sp³-hybridized carbons (Fsp3) is 0.500. The van der Waals surface area contributed by atoms with Gasteiger partial charge in [0.1, 0.15) is 0 Å². The minimum absolute atomic E-state index is 0. The normalized spacial score (nSPS) is 6.33. The summed E-state index contributed by atoms with van der Waals surface area (Å²) in [5.74, 6) is 0. The van der Waals surface area contributed by atoms with E-state index in [9.17, 15) is 0 Å². The van der Waals surface area contributed by atoms with E-state index in [1.165, 1.54) is 0 Å². The van der Waals surface area contributed by atoms with Gasteiger partial charge < -0.3 is 12.2 Å². The average molecular weight is 158 g/mol. The topological polar surface area (TPSA) is 35.0 Å². The van der Waals surface area contributed by atoms with Gasteiger partial charge in [0.25, 0.3) is 0 Å². The van der Waals surface area contributed by atoms with Gasteiger partial charge in [-0.3, -0.25) is 6.08 Å². The first-order valence-electron chi connectivity index (χ1n) is 1.37. The van der Waals surface area contributed by atoms with Crippen molar-refractivity contribution in [3.8, 4) is 0 Å². The van der Waals surface area contributed by atoms with Gasteiger partial charge in [0.2, 0.25) is 0 Å². The van der Waals surface area contributed by atoms with Crippen molar-refractivity contribution < 1.29 is 58.2 Å². The Kier molecular flexibility index (Phi) is 41.8. The van der Waals surface area contributed by atoms with Gasteiger partial charge in [-0.1, -0.05) is 6.92 Å². The minimum Gasteiger partial charge on any atom is -0.504 e. The smallest absolute Gasteiger partial charge is 0.504 e. The molecule has 1 nitrogen and oxygen atoms in total. The van der Waals surface area contributed by atoms with Crippen molar-refractivity contribution in [1.82, 2.24) is 6.15 Å². The summed E-state index contributed by atoms with van der Waals surface area (Å²) in [6.07, 6.45) is 4.68. The maximum absolute atomic E-state index is 2.81. The van der Waals surface area contributed by atoms with Crippen LogP contribution in [0.4, 0.5) is 0 Å². The first kappa shape index (κ1) is 15.6. The molecule has 0 rings (SSSR count). The van der Waals surface area contributed by atoms with Crippen molar-refractivity contribution in [1.29, 1.82) is 0 Å². The van der Waals surface area contributed by atoms with Crippen LogP contribution in [0.15, 0.2) is 6.08 Å². The van der Waals surface area contributed by atoms with Gasteiger partial charge in [0, 0.05) is 0 Å². The zero-order valence-electron chi connectivity index (χ0n) is 4.78. The van der Waals surface area contributed by atoms with E-state index in [-0.39, 0.29) is 64.3 Å². The van der Waals surface area contributed by atoms with Crippen molar-refractivity contribution >= 4 is 0 Å². The van der Waals surface area contributed by atoms with Gasteiger partial charge in [-0.2, -0.15) is 6.92 Å². The van der Waals surface area contributed by atoms with Crippen LogP contribution in [0, 0.1) is 6.08 Å². The third-order valence-electron chi connectivity index (χ3n) is 0.289. The molecule has 0 spiro atoms. The number of allylic oxidation sites excluding steroid dienone is 2. The summed E-state index contributed by atoms with van der Waals surface area (Å²) in [6.45, 7) is 3.82. The van der Waals surface area contributed by atoms with Gasteiger partial charge >= 0.3 is 58.2 Å². The third-order valence-corrected chi connectivity index (χ3v) is 0.289. The van der Waals surface area contributed by atoms with Gasteiger partial charge in [-0.05, 0) is 0 Å². The summed E-state index contributed by atoms with van der Waals surface area (Å²) in [6, 6.07) is 0. The zero-order valence-corrected chi connectivity index (χ0v) is 9.70. The maximum Gasteiger partial charge on any atom is 1.00 e. The molecule has 0 amide bonds. The minimum atomic E-state index is 0. The number of hydrogen-bond acceptors (Lipinski definition) is 1. The Morgan fingerprint density at radius 3 is 1.67 bits per heavy atom. The molecule has 0 unspecified atom stereocenters. The van der Waals surface area contributed by atoms with E-state index in [2.05, 4.69) is 6.08 Å². The summed E-state index contributed by atoms with van der Waals surface area (Å²) in [7, 11) is 0. The quantitative estimate of drug-likeness (QED) is 0.429. The Bertz CT molecular complexity index is 22.7. The van der Waals surface area contributed by atoms with E-state index in [1.54, 1.807) is 0 Å². The fourth-order valence-corrected chi connectivity index (χ4v) is 0. The average Bonchev–Trinajstić information content (AvgIpc) is 1.37. The fourth-order valence-electron chi connectivity index (χ4n) is 0. The van der Waals surface area contributed by atoms with E-state index in [1.807, 2.05) is 19.9 Å². The molecule has 2 heteroatoms. The summed E-state index contributed by atoms with van der Waals surface area (Å²) in [5.41, 5.74) is 0. The largest absolute Gasteiger partial charge is 1.00 e. The molecule has 3 N–H and O–H groups in total. The van der Waals surface area contributed by atoms with Gasteiger partial charge in [-0.25, -0.2) is 0 Å². The molecule has 0 bridgehead atoms. The molecule has 0 fully saturated rings. The number of hydrogen-bond donors (Lipinski definition) is 1. The predicted molar refractivity (Wildman–Crippen MR) is 24.2 cm³/mol. The molecule has 32 valence electrons. The standard InChI is InChI=1S/C4H7.H3N.Rb/c1-3-4-2;;/h3H,1-2H3;1H3;/q-1;;+1. The van der Waals surface area contributed by atoms with E-state index < -0.39 is 0 Å². The number of rotatable bonds is 0. The summed E-state index contributed by atoms with van der Waals surface area (Å²) in [5, 5.41) is 0. The Labute approximate surface area is 88.6 Å². The van der Waals surface area contributed by atoms with Crippen molar-refractivity contribution in [2.75, 3.05) is 0 Å². The van der Waals surface area contributed by atoms with Crippen LogP contribution in [0.25, 0.3) is 0 Å². The van der Waals surface area contributed by atoms with Crippen LogP contribution in [0.3, 0.4) is 0 Å². The second-order valence-corrected chi connectivity index (χ2v) is 0.577. The van der Waals surface area contributed by atoms with Gasteiger partial charge in [0.15, 0.2) is 0 Å². The van der Waals surface area contributed by atoms with Gasteiger partial charge in [-0.15, -0.1) is 0 Å². The summed E-state index contributed by atoms with van der Waals surface area (Å²) >= 11 is 0.